The smallest absolute Gasteiger partial charge is 0.227 e. The van der Waals surface area contributed by atoms with Gasteiger partial charge in [-0.2, -0.15) is 5.10 Å². The summed E-state index contributed by atoms with van der Waals surface area (Å²) in [5.41, 5.74) is 0.949. The molecule has 0 aromatic carbocycles. The molecule has 2 heterocycles. The number of hydrogen-bond donors (Lipinski definition) is 1. The van der Waals surface area contributed by atoms with Crippen LogP contribution in [0, 0.1) is 6.92 Å². The standard InChI is InChI=1S/C12H13BrN4O/c1-9-4-6-17(16-9)7-5-12(18)15-11-3-2-10(13)8-14-11/h2-4,6,8H,5,7H2,1H3,(H,14,15,18). The average molecular weight is 309 g/mol. The molecule has 0 saturated carbocycles. The molecule has 0 bridgehead atoms. The highest BCUT2D eigenvalue weighted by Crippen LogP contribution is 2.10. The van der Waals surface area contributed by atoms with Gasteiger partial charge in [-0.05, 0) is 41.1 Å². The van der Waals surface area contributed by atoms with Crippen LogP contribution in [0.25, 0.3) is 0 Å². The molecule has 0 atom stereocenters. The van der Waals surface area contributed by atoms with Crippen molar-refractivity contribution in [1.82, 2.24) is 14.8 Å². The molecule has 1 N–H and O–H groups in total. The summed E-state index contributed by atoms with van der Waals surface area (Å²) in [5.74, 6) is 0.484. The van der Waals surface area contributed by atoms with Crippen LogP contribution in [0.4, 0.5) is 5.82 Å². The van der Waals surface area contributed by atoms with E-state index >= 15 is 0 Å². The van der Waals surface area contributed by atoms with E-state index in [1.165, 1.54) is 0 Å². The van der Waals surface area contributed by atoms with Gasteiger partial charge in [0.15, 0.2) is 0 Å². The lowest BCUT2D eigenvalue weighted by Crippen LogP contribution is -2.15. The molecule has 1 amide bonds. The Morgan fingerprint density at radius 2 is 2.28 bits per heavy atom. The summed E-state index contributed by atoms with van der Waals surface area (Å²) in [5, 5.41) is 6.95. The number of carbonyl (C=O) groups is 1. The van der Waals surface area contributed by atoms with E-state index in [0.29, 0.717) is 18.8 Å². The quantitative estimate of drug-likeness (QED) is 0.943. The average Bonchev–Trinajstić information content (AvgIpc) is 2.76. The van der Waals surface area contributed by atoms with E-state index in [4.69, 9.17) is 0 Å². The van der Waals surface area contributed by atoms with Crippen LogP contribution in [0.3, 0.4) is 0 Å². The van der Waals surface area contributed by atoms with Gasteiger partial charge in [0.1, 0.15) is 5.82 Å². The molecule has 0 fully saturated rings. The zero-order valence-electron chi connectivity index (χ0n) is 9.93. The predicted octanol–water partition coefficient (Wildman–Crippen LogP) is 2.38. The molecule has 6 heteroatoms. The van der Waals surface area contributed by atoms with Gasteiger partial charge >= 0.3 is 0 Å². The normalized spacial score (nSPS) is 10.3. The first-order valence-electron chi connectivity index (χ1n) is 5.55. The zero-order valence-corrected chi connectivity index (χ0v) is 11.5. The van der Waals surface area contributed by atoms with E-state index in [-0.39, 0.29) is 5.91 Å². The Morgan fingerprint density at radius 3 is 2.89 bits per heavy atom. The lowest BCUT2D eigenvalue weighted by atomic mass is 10.4. The Labute approximate surface area is 113 Å². The third-order valence-corrected chi connectivity index (χ3v) is 2.81. The van der Waals surface area contributed by atoms with Crippen molar-refractivity contribution < 1.29 is 4.79 Å². The summed E-state index contributed by atoms with van der Waals surface area (Å²) in [6.07, 6.45) is 3.88. The highest BCUT2D eigenvalue weighted by atomic mass is 79.9. The van der Waals surface area contributed by atoms with Crippen LogP contribution in [0.15, 0.2) is 35.1 Å². The number of anilines is 1. The molecule has 0 unspecified atom stereocenters. The Bertz CT molecular complexity index is 535. The van der Waals surface area contributed by atoms with E-state index in [2.05, 4.69) is 31.3 Å². The van der Waals surface area contributed by atoms with Crippen LogP contribution in [-0.4, -0.2) is 20.7 Å². The maximum absolute atomic E-state index is 11.7. The zero-order chi connectivity index (χ0) is 13.0. The minimum absolute atomic E-state index is 0.0713. The van der Waals surface area contributed by atoms with Crippen molar-refractivity contribution in [3.05, 3.63) is 40.8 Å². The third-order valence-electron chi connectivity index (χ3n) is 2.34. The maximum Gasteiger partial charge on any atom is 0.227 e. The number of rotatable bonds is 4. The topological polar surface area (TPSA) is 59.8 Å². The lowest BCUT2D eigenvalue weighted by Gasteiger charge is -2.04. The molecular formula is C12H13BrN4O. The van der Waals surface area contributed by atoms with Crippen molar-refractivity contribution in [3.8, 4) is 0 Å². The molecule has 2 aromatic heterocycles. The number of pyridine rings is 1. The fraction of sp³-hybridized carbons (Fsp3) is 0.250. The number of hydrogen-bond acceptors (Lipinski definition) is 3. The first-order valence-corrected chi connectivity index (χ1v) is 6.34. The fourth-order valence-electron chi connectivity index (χ4n) is 1.46. The molecule has 0 aliphatic heterocycles. The van der Waals surface area contributed by atoms with Crippen molar-refractivity contribution in [2.75, 3.05) is 5.32 Å². The Kier molecular flexibility index (Phi) is 4.09. The number of aromatic nitrogens is 3. The number of amides is 1. The van der Waals surface area contributed by atoms with E-state index in [1.807, 2.05) is 25.3 Å². The molecular weight excluding hydrogens is 296 g/mol. The molecule has 2 aromatic rings. The molecule has 5 nitrogen and oxygen atoms in total. The van der Waals surface area contributed by atoms with Crippen LogP contribution in [0.5, 0.6) is 0 Å². The van der Waals surface area contributed by atoms with Gasteiger partial charge in [0, 0.05) is 29.8 Å². The molecule has 2 rings (SSSR count). The van der Waals surface area contributed by atoms with Crippen LogP contribution < -0.4 is 5.32 Å². The Balaban J connectivity index is 1.83. The van der Waals surface area contributed by atoms with Gasteiger partial charge < -0.3 is 5.32 Å². The van der Waals surface area contributed by atoms with Gasteiger partial charge in [0.25, 0.3) is 0 Å². The van der Waals surface area contributed by atoms with Gasteiger partial charge in [0.05, 0.1) is 5.69 Å². The van der Waals surface area contributed by atoms with Crippen molar-refractivity contribution in [3.63, 3.8) is 0 Å². The van der Waals surface area contributed by atoms with Gasteiger partial charge in [-0.15, -0.1) is 0 Å². The summed E-state index contributed by atoms with van der Waals surface area (Å²) in [6.45, 7) is 2.48. The number of halogens is 1. The molecule has 0 spiro atoms. The van der Waals surface area contributed by atoms with Crippen molar-refractivity contribution in [2.45, 2.75) is 19.9 Å². The summed E-state index contributed by atoms with van der Waals surface area (Å²) in [4.78, 5) is 15.7. The fourth-order valence-corrected chi connectivity index (χ4v) is 1.69. The third kappa shape index (κ3) is 3.66. The lowest BCUT2D eigenvalue weighted by molar-refractivity contribution is -0.116. The summed E-state index contributed by atoms with van der Waals surface area (Å²) in [7, 11) is 0. The Morgan fingerprint density at radius 1 is 1.44 bits per heavy atom. The number of nitrogens with zero attached hydrogens (tertiary/aromatic N) is 3. The van der Waals surface area contributed by atoms with Crippen LogP contribution in [0.2, 0.25) is 0 Å². The van der Waals surface area contributed by atoms with E-state index < -0.39 is 0 Å². The number of nitrogens with one attached hydrogen (secondary N) is 1. The molecule has 0 saturated heterocycles. The predicted molar refractivity (Wildman–Crippen MR) is 72.1 cm³/mol. The highest BCUT2D eigenvalue weighted by molar-refractivity contribution is 9.10. The van der Waals surface area contributed by atoms with Crippen molar-refractivity contribution in [1.29, 1.82) is 0 Å². The molecule has 0 aliphatic carbocycles. The second-order valence-electron chi connectivity index (χ2n) is 3.88. The van der Waals surface area contributed by atoms with Gasteiger partial charge in [-0.1, -0.05) is 0 Å². The Hall–Kier alpha value is -1.69. The first-order chi connectivity index (χ1) is 8.63. The first kappa shape index (κ1) is 12.8. The van der Waals surface area contributed by atoms with Crippen molar-refractivity contribution >= 4 is 27.7 Å². The second-order valence-corrected chi connectivity index (χ2v) is 4.80. The minimum Gasteiger partial charge on any atom is -0.311 e. The van der Waals surface area contributed by atoms with Gasteiger partial charge in [-0.3, -0.25) is 9.48 Å². The van der Waals surface area contributed by atoms with Crippen LogP contribution in [-0.2, 0) is 11.3 Å². The molecule has 0 aliphatic rings. The largest absolute Gasteiger partial charge is 0.311 e. The van der Waals surface area contributed by atoms with Gasteiger partial charge in [-0.25, -0.2) is 4.98 Å². The summed E-state index contributed by atoms with van der Waals surface area (Å²) >= 11 is 3.29. The van der Waals surface area contributed by atoms with Crippen LogP contribution in [0.1, 0.15) is 12.1 Å². The van der Waals surface area contributed by atoms with Crippen molar-refractivity contribution in [2.24, 2.45) is 0 Å². The van der Waals surface area contributed by atoms with Crippen LogP contribution >= 0.6 is 15.9 Å². The minimum atomic E-state index is -0.0713. The van der Waals surface area contributed by atoms with Gasteiger partial charge in [0.2, 0.25) is 5.91 Å². The van der Waals surface area contributed by atoms with E-state index in [9.17, 15) is 4.79 Å². The van der Waals surface area contributed by atoms with E-state index in [1.54, 1.807) is 16.9 Å². The highest BCUT2D eigenvalue weighted by Gasteiger charge is 2.04. The summed E-state index contributed by atoms with van der Waals surface area (Å²) in [6, 6.07) is 5.49. The monoisotopic (exact) mass is 308 g/mol. The molecule has 18 heavy (non-hydrogen) atoms. The van der Waals surface area contributed by atoms with E-state index in [0.717, 1.165) is 10.2 Å². The second kappa shape index (κ2) is 5.77. The maximum atomic E-state index is 11.7. The number of carbonyl (C=O) groups excluding carboxylic acids is 1. The molecule has 94 valence electrons. The number of aryl methyl sites for hydroxylation is 2. The molecule has 0 radical (unpaired) electrons. The summed E-state index contributed by atoms with van der Waals surface area (Å²) < 4.78 is 2.64. The SMILES string of the molecule is Cc1ccn(CCC(=O)Nc2ccc(Br)cn2)n1.